The van der Waals surface area contributed by atoms with Crippen LogP contribution in [0.5, 0.6) is 0 Å². The smallest absolute Gasteiger partial charge is 0.302 e. The molecule has 0 saturated carbocycles. The molecule has 5 rings (SSSR count). The first-order valence-corrected chi connectivity index (χ1v) is 11.0. The summed E-state index contributed by atoms with van der Waals surface area (Å²) in [6.45, 7) is 2.17. The van der Waals surface area contributed by atoms with E-state index >= 15 is 0 Å². The van der Waals surface area contributed by atoms with Crippen LogP contribution in [0.2, 0.25) is 0 Å². The minimum Gasteiger partial charge on any atom is -0.382 e. The lowest BCUT2D eigenvalue weighted by Crippen LogP contribution is -2.26. The monoisotopic (exact) mass is 463 g/mol. The van der Waals surface area contributed by atoms with E-state index in [0.717, 1.165) is 5.56 Å². The van der Waals surface area contributed by atoms with Crippen molar-refractivity contribution in [2.75, 3.05) is 17.6 Å². The quantitative estimate of drug-likeness (QED) is 0.449. The number of nitrogens with two attached hydrogens (primary N) is 1. The van der Waals surface area contributed by atoms with E-state index in [1.165, 1.54) is 0 Å². The Morgan fingerprint density at radius 1 is 1.09 bits per heavy atom. The van der Waals surface area contributed by atoms with Crippen molar-refractivity contribution in [2.45, 2.75) is 13.3 Å². The second-order valence-corrected chi connectivity index (χ2v) is 7.77. The predicted octanol–water partition coefficient (Wildman–Crippen LogP) is 3.22. The molecule has 0 atom stereocenters. The van der Waals surface area contributed by atoms with Crippen molar-refractivity contribution >= 4 is 34.7 Å². The van der Waals surface area contributed by atoms with E-state index in [-0.39, 0.29) is 11.8 Å². The van der Waals surface area contributed by atoms with Crippen LogP contribution in [0.4, 0.5) is 11.6 Å². The average molecular weight is 464 g/mol. The summed E-state index contributed by atoms with van der Waals surface area (Å²) in [4.78, 5) is 40.0. The van der Waals surface area contributed by atoms with Gasteiger partial charge in [-0.05, 0) is 43.5 Å². The van der Waals surface area contributed by atoms with Crippen LogP contribution in [0.3, 0.4) is 0 Å². The van der Waals surface area contributed by atoms with Gasteiger partial charge in [0.1, 0.15) is 22.8 Å². The second-order valence-electron chi connectivity index (χ2n) is 7.77. The number of nitrogens with zero attached hydrogens (tertiary/aromatic N) is 5. The van der Waals surface area contributed by atoms with Crippen molar-refractivity contribution in [3.8, 4) is 23.1 Å². The number of aromatic nitrogens is 4. The van der Waals surface area contributed by atoms with E-state index in [0.29, 0.717) is 52.9 Å². The van der Waals surface area contributed by atoms with Crippen LogP contribution in [0.25, 0.3) is 22.5 Å². The van der Waals surface area contributed by atoms with Gasteiger partial charge in [-0.25, -0.2) is 15.0 Å². The minimum atomic E-state index is -0.278. The van der Waals surface area contributed by atoms with Crippen molar-refractivity contribution in [3.05, 3.63) is 78.5 Å². The number of anilines is 2. The fourth-order valence-electron chi connectivity index (χ4n) is 4.01. The zero-order valence-corrected chi connectivity index (χ0v) is 18.9. The molecular formula is C26H21N7O2. The van der Waals surface area contributed by atoms with E-state index in [9.17, 15) is 9.59 Å². The average Bonchev–Trinajstić information content (AvgIpc) is 3.51. The minimum absolute atomic E-state index is 0.269. The van der Waals surface area contributed by atoms with E-state index in [1.807, 2.05) is 10.5 Å². The van der Waals surface area contributed by atoms with E-state index in [2.05, 4.69) is 27.1 Å². The van der Waals surface area contributed by atoms with Crippen molar-refractivity contribution in [1.82, 2.24) is 24.3 Å². The molecule has 0 aliphatic carbocycles. The summed E-state index contributed by atoms with van der Waals surface area (Å²) in [5.74, 6) is 6.07. The first-order chi connectivity index (χ1) is 17.1. The number of carbonyl (C=O) groups is 2. The highest BCUT2D eigenvalue weighted by Crippen LogP contribution is 2.33. The molecule has 35 heavy (non-hydrogen) atoms. The van der Waals surface area contributed by atoms with Crippen LogP contribution in [0.15, 0.2) is 67.1 Å². The van der Waals surface area contributed by atoms with Crippen LogP contribution in [-0.4, -0.2) is 42.6 Å². The van der Waals surface area contributed by atoms with Crippen LogP contribution in [0, 0.1) is 11.8 Å². The number of fused-ring (bicyclic) bond motifs is 1. The zero-order chi connectivity index (χ0) is 24.4. The molecule has 0 unspecified atom stereocenters. The number of nitrogen functional groups attached to an aromatic ring is 1. The topological polar surface area (TPSA) is 119 Å². The molecule has 0 fully saturated rings. The summed E-state index contributed by atoms with van der Waals surface area (Å²) < 4.78 is 1.83. The highest BCUT2D eigenvalue weighted by atomic mass is 16.2. The maximum atomic E-state index is 12.6. The lowest BCUT2D eigenvalue weighted by atomic mass is 10.1. The van der Waals surface area contributed by atoms with Gasteiger partial charge in [-0.1, -0.05) is 30.2 Å². The van der Waals surface area contributed by atoms with Crippen LogP contribution in [-0.2, 0) is 4.79 Å². The Balaban J connectivity index is 1.52. The zero-order valence-electron chi connectivity index (χ0n) is 18.9. The van der Waals surface area contributed by atoms with Gasteiger partial charge in [0.2, 0.25) is 0 Å². The number of benzene rings is 1. The van der Waals surface area contributed by atoms with Crippen molar-refractivity contribution < 1.29 is 9.59 Å². The number of amides is 2. The third kappa shape index (κ3) is 4.09. The van der Waals surface area contributed by atoms with Gasteiger partial charge in [0.15, 0.2) is 5.82 Å². The summed E-state index contributed by atoms with van der Waals surface area (Å²) in [5, 5.41) is 2.77. The van der Waals surface area contributed by atoms with E-state index in [1.54, 1.807) is 72.9 Å². The Hall–Kier alpha value is -4.97. The number of hydrogen-bond acceptors (Lipinski definition) is 6. The highest BCUT2D eigenvalue weighted by Gasteiger charge is 2.27. The molecule has 2 amide bonds. The Bertz CT molecular complexity index is 1530. The van der Waals surface area contributed by atoms with Gasteiger partial charge in [-0.3, -0.25) is 18.9 Å². The van der Waals surface area contributed by atoms with Crippen LogP contribution in [0.1, 0.15) is 29.5 Å². The Labute approximate surface area is 201 Å². The first kappa shape index (κ1) is 21.9. The third-order valence-electron chi connectivity index (χ3n) is 5.60. The van der Waals surface area contributed by atoms with Crippen molar-refractivity contribution in [2.24, 2.45) is 0 Å². The molecule has 1 aliphatic heterocycles. The summed E-state index contributed by atoms with van der Waals surface area (Å²) in [6.07, 6.45) is 7.64. The molecule has 4 heterocycles. The molecule has 0 radical (unpaired) electrons. The fraction of sp³-hybridized carbons (Fsp3) is 0.115. The first-order valence-electron chi connectivity index (χ1n) is 11.0. The van der Waals surface area contributed by atoms with E-state index < -0.39 is 0 Å². The molecule has 3 aromatic heterocycles. The number of rotatable bonds is 4. The Morgan fingerprint density at radius 2 is 1.91 bits per heavy atom. The Morgan fingerprint density at radius 3 is 2.66 bits per heavy atom. The van der Waals surface area contributed by atoms with Gasteiger partial charge in [0, 0.05) is 36.3 Å². The molecule has 9 nitrogen and oxygen atoms in total. The number of carbonyl (C=O) groups excluding carboxylic acids is 2. The molecule has 1 aliphatic rings. The number of hydrogen-bond donors (Lipinski definition) is 2. The molecule has 4 aromatic rings. The van der Waals surface area contributed by atoms with E-state index in [4.69, 9.17) is 10.7 Å². The van der Waals surface area contributed by atoms with Crippen molar-refractivity contribution in [3.63, 3.8) is 0 Å². The van der Waals surface area contributed by atoms with Gasteiger partial charge in [0.25, 0.3) is 5.91 Å². The van der Waals surface area contributed by atoms with Gasteiger partial charge >= 0.3 is 5.91 Å². The normalized spacial score (nSPS) is 12.7. The molecule has 1 aromatic carbocycles. The van der Waals surface area contributed by atoms with Gasteiger partial charge in [0.05, 0.1) is 5.70 Å². The highest BCUT2D eigenvalue weighted by molar-refractivity contribution is 6.04. The maximum Gasteiger partial charge on any atom is 0.302 e. The molecule has 9 heteroatoms. The summed E-state index contributed by atoms with van der Waals surface area (Å²) in [6, 6.07) is 12.3. The van der Waals surface area contributed by atoms with Crippen LogP contribution >= 0.6 is 0 Å². The second kappa shape index (κ2) is 9.11. The standard InChI is InChI=1S/C26H21N7O2/c1-2-6-21(34)32-15-5-7-19(32)25-31-22(23-24(27)29-14-16-33(23)25)17-9-11-18(12-10-17)26(35)30-20-8-3-4-13-28-20/h3-4,7-14,16H,5,15H2,1H3,(H2,27,29)(H,28,30,35). The summed E-state index contributed by atoms with van der Waals surface area (Å²) >= 11 is 0. The van der Waals surface area contributed by atoms with Gasteiger partial charge in [-0.2, -0.15) is 0 Å². The number of pyridine rings is 1. The number of nitrogens with one attached hydrogen (secondary N) is 1. The fourth-order valence-corrected chi connectivity index (χ4v) is 4.01. The summed E-state index contributed by atoms with van der Waals surface area (Å²) in [7, 11) is 0. The SMILES string of the molecule is CC#CC(=O)N1CCC=C1c1nc(-c2ccc(C(=O)Nc3ccccn3)cc2)c2c(N)nccn12. The molecule has 0 spiro atoms. The predicted molar refractivity (Wildman–Crippen MR) is 133 cm³/mol. The largest absolute Gasteiger partial charge is 0.382 e. The lowest BCUT2D eigenvalue weighted by molar-refractivity contribution is -0.121. The molecular weight excluding hydrogens is 442 g/mol. The number of imidazole rings is 1. The third-order valence-corrected chi connectivity index (χ3v) is 5.60. The molecule has 0 saturated heterocycles. The summed E-state index contributed by atoms with van der Waals surface area (Å²) in [5.41, 5.74) is 9.38. The Kier molecular flexibility index (Phi) is 5.69. The molecule has 0 bridgehead atoms. The lowest BCUT2D eigenvalue weighted by Gasteiger charge is -2.16. The molecule has 3 N–H and O–H groups in total. The van der Waals surface area contributed by atoms with Crippen LogP contribution < -0.4 is 11.1 Å². The maximum absolute atomic E-state index is 12.6. The van der Waals surface area contributed by atoms with Gasteiger partial charge < -0.3 is 11.1 Å². The van der Waals surface area contributed by atoms with Crippen molar-refractivity contribution in [1.29, 1.82) is 0 Å². The van der Waals surface area contributed by atoms with Gasteiger partial charge in [-0.15, -0.1) is 0 Å². The molecule has 172 valence electrons.